The molecule has 8 nitrogen and oxygen atoms in total. The summed E-state index contributed by atoms with van der Waals surface area (Å²) in [4.78, 5) is 34.0. The van der Waals surface area contributed by atoms with Gasteiger partial charge in [0.05, 0.1) is 17.8 Å². The molecule has 0 radical (unpaired) electrons. The Hall–Kier alpha value is -1.73. The lowest BCUT2D eigenvalue weighted by atomic mass is 9.92. The van der Waals surface area contributed by atoms with Gasteiger partial charge in [-0.05, 0) is 38.3 Å². The lowest BCUT2D eigenvalue weighted by Gasteiger charge is -2.43. The maximum absolute atomic E-state index is 11.7. The van der Waals surface area contributed by atoms with Crippen molar-refractivity contribution in [1.82, 2.24) is 10.0 Å². The van der Waals surface area contributed by atoms with Crippen LogP contribution >= 0.6 is 7.60 Å². The van der Waals surface area contributed by atoms with Crippen LogP contribution in [-0.4, -0.2) is 51.3 Å². The van der Waals surface area contributed by atoms with Gasteiger partial charge < -0.3 is 15.5 Å². The summed E-state index contributed by atoms with van der Waals surface area (Å²) in [5.74, 6) is 0.403. The summed E-state index contributed by atoms with van der Waals surface area (Å²) >= 11 is 0. The first-order valence-electron chi connectivity index (χ1n) is 8.12. The van der Waals surface area contributed by atoms with E-state index in [1.54, 1.807) is 0 Å². The Morgan fingerprint density at radius 2 is 2.04 bits per heavy atom. The number of hydrogen-bond donors (Lipinski definition) is 3. The van der Waals surface area contributed by atoms with Gasteiger partial charge in [-0.1, -0.05) is 18.2 Å². The summed E-state index contributed by atoms with van der Waals surface area (Å²) < 4.78 is 10.9. The van der Waals surface area contributed by atoms with Gasteiger partial charge in [-0.25, -0.2) is 10.0 Å². The molecule has 1 amide bonds. The number of amidine groups is 1. The van der Waals surface area contributed by atoms with Gasteiger partial charge in [0, 0.05) is 12.7 Å². The van der Waals surface area contributed by atoms with E-state index in [0.29, 0.717) is 31.8 Å². The summed E-state index contributed by atoms with van der Waals surface area (Å²) in [5.41, 5.74) is 7.24. The zero-order valence-corrected chi connectivity index (χ0v) is 15.4. The van der Waals surface area contributed by atoms with Crippen LogP contribution in [0.25, 0.3) is 0 Å². The molecule has 0 saturated carbocycles. The summed E-state index contributed by atoms with van der Waals surface area (Å²) in [6.07, 6.45) is 1.36. The zero-order valence-electron chi connectivity index (χ0n) is 14.5. The highest BCUT2D eigenvalue weighted by atomic mass is 31.2. The molecule has 4 N–H and O–H groups in total. The van der Waals surface area contributed by atoms with Crippen LogP contribution in [0.3, 0.4) is 0 Å². The molecular formula is C16H25N4O4P. The van der Waals surface area contributed by atoms with E-state index in [9.17, 15) is 9.36 Å². The Labute approximate surface area is 147 Å². The van der Waals surface area contributed by atoms with E-state index < -0.39 is 13.1 Å². The number of aliphatic imine (C=N–C) groups is 1. The lowest BCUT2D eigenvalue weighted by molar-refractivity contribution is -0.145. The molecule has 0 bridgehead atoms. The average molecular weight is 368 g/mol. The van der Waals surface area contributed by atoms with Crippen LogP contribution in [0.15, 0.2) is 29.3 Å². The molecule has 1 aliphatic heterocycles. The number of rotatable bonds is 7. The Bertz CT molecular complexity index is 701. The Balaban J connectivity index is 2.19. The largest absolute Gasteiger partial charge is 0.386 e. The Morgan fingerprint density at radius 1 is 1.36 bits per heavy atom. The van der Waals surface area contributed by atoms with Gasteiger partial charge in [0.2, 0.25) is 6.41 Å². The number of hydrazine groups is 1. The highest BCUT2D eigenvalue weighted by molar-refractivity contribution is 7.51. The number of para-hydroxylation sites is 1. The number of amides is 1. The van der Waals surface area contributed by atoms with Gasteiger partial charge in [0.15, 0.2) is 0 Å². The standard InChI is InChI=1S/C16H25N4O4P/c1-16(2)13-7-3-4-8-14(13)18-15(17)11-20(16)19(12-21)9-5-6-10-25(22,23)24/h3-4,7-8,12H,5-6,9-11H2,1-2H3,(H2,17,18)(H2,22,23,24). The summed E-state index contributed by atoms with van der Waals surface area (Å²) in [6, 6.07) is 7.65. The molecule has 0 atom stereocenters. The zero-order chi connectivity index (χ0) is 18.7. The molecule has 0 aliphatic carbocycles. The second-order valence-electron chi connectivity index (χ2n) is 6.60. The first kappa shape index (κ1) is 19.6. The number of carbonyl (C=O) groups excluding carboxylic acids is 1. The number of nitrogens with zero attached hydrogens (tertiary/aromatic N) is 3. The minimum Gasteiger partial charge on any atom is -0.386 e. The van der Waals surface area contributed by atoms with Crippen LogP contribution in [0.1, 0.15) is 32.3 Å². The molecule has 9 heteroatoms. The predicted molar refractivity (Wildman–Crippen MR) is 96.4 cm³/mol. The number of fused-ring (bicyclic) bond motifs is 1. The molecular weight excluding hydrogens is 343 g/mol. The molecule has 1 aliphatic rings. The molecule has 0 fully saturated rings. The van der Waals surface area contributed by atoms with Gasteiger partial charge in [-0.3, -0.25) is 14.4 Å². The molecule has 1 aromatic rings. The van der Waals surface area contributed by atoms with Crippen molar-refractivity contribution in [2.45, 2.75) is 32.2 Å². The summed E-state index contributed by atoms with van der Waals surface area (Å²) in [6.45, 7) is 4.62. The van der Waals surface area contributed by atoms with Crippen molar-refractivity contribution in [3.63, 3.8) is 0 Å². The van der Waals surface area contributed by atoms with Gasteiger partial charge >= 0.3 is 7.60 Å². The molecule has 2 rings (SSSR count). The fourth-order valence-corrected chi connectivity index (χ4v) is 3.64. The van der Waals surface area contributed by atoms with Crippen molar-refractivity contribution in [1.29, 1.82) is 0 Å². The highest BCUT2D eigenvalue weighted by Crippen LogP contribution is 2.38. The Kier molecular flexibility index (Phi) is 6.00. The second-order valence-corrected chi connectivity index (χ2v) is 8.38. The fraction of sp³-hybridized carbons (Fsp3) is 0.500. The van der Waals surface area contributed by atoms with Crippen molar-refractivity contribution in [2.75, 3.05) is 19.3 Å². The molecule has 1 heterocycles. The Morgan fingerprint density at radius 3 is 2.68 bits per heavy atom. The van der Waals surface area contributed by atoms with Crippen molar-refractivity contribution < 1.29 is 19.1 Å². The van der Waals surface area contributed by atoms with Gasteiger partial charge in [-0.2, -0.15) is 0 Å². The minimum absolute atomic E-state index is 0.185. The highest BCUT2D eigenvalue weighted by Gasteiger charge is 2.36. The first-order valence-corrected chi connectivity index (χ1v) is 9.91. The van der Waals surface area contributed by atoms with E-state index in [1.807, 2.05) is 43.1 Å². The third kappa shape index (κ3) is 4.89. The van der Waals surface area contributed by atoms with E-state index >= 15 is 0 Å². The SMILES string of the molecule is CC1(C)c2ccccc2N=C(N)CN1N(C=O)CCCCP(=O)(O)O. The van der Waals surface area contributed by atoms with Crippen molar-refractivity contribution in [3.8, 4) is 0 Å². The van der Waals surface area contributed by atoms with Crippen molar-refractivity contribution in [3.05, 3.63) is 29.8 Å². The van der Waals surface area contributed by atoms with Gasteiger partial charge in [0.25, 0.3) is 0 Å². The molecule has 0 saturated heterocycles. The maximum Gasteiger partial charge on any atom is 0.325 e. The number of nitrogens with two attached hydrogens (primary N) is 1. The lowest BCUT2D eigenvalue weighted by Crippen LogP contribution is -2.54. The number of hydrogen-bond acceptors (Lipinski definition) is 5. The van der Waals surface area contributed by atoms with Gasteiger partial charge in [-0.15, -0.1) is 0 Å². The van der Waals surface area contributed by atoms with Crippen LogP contribution < -0.4 is 5.73 Å². The van der Waals surface area contributed by atoms with Gasteiger partial charge in [0.1, 0.15) is 5.84 Å². The quantitative estimate of drug-likeness (QED) is 0.382. The van der Waals surface area contributed by atoms with Crippen LogP contribution in [0.2, 0.25) is 0 Å². The van der Waals surface area contributed by atoms with Crippen molar-refractivity contribution in [2.24, 2.45) is 10.7 Å². The first-order chi connectivity index (χ1) is 11.6. The molecule has 25 heavy (non-hydrogen) atoms. The van der Waals surface area contributed by atoms with E-state index in [-0.39, 0.29) is 6.16 Å². The third-order valence-corrected chi connectivity index (χ3v) is 5.20. The number of benzene rings is 1. The number of unbranched alkanes of at least 4 members (excludes halogenated alkanes) is 1. The van der Waals surface area contributed by atoms with E-state index in [4.69, 9.17) is 15.5 Å². The normalized spacial score (nSPS) is 17.4. The summed E-state index contributed by atoms with van der Waals surface area (Å²) in [7, 11) is -4.01. The molecule has 0 unspecified atom stereocenters. The summed E-state index contributed by atoms with van der Waals surface area (Å²) in [5, 5.41) is 3.37. The minimum atomic E-state index is -4.01. The molecule has 1 aromatic carbocycles. The van der Waals surface area contributed by atoms with Crippen LogP contribution in [0.4, 0.5) is 5.69 Å². The van der Waals surface area contributed by atoms with Crippen molar-refractivity contribution >= 4 is 25.5 Å². The smallest absolute Gasteiger partial charge is 0.325 e. The predicted octanol–water partition coefficient (Wildman–Crippen LogP) is 1.56. The maximum atomic E-state index is 11.7. The second kappa shape index (κ2) is 7.66. The number of carbonyl (C=O) groups is 1. The van der Waals surface area contributed by atoms with Crippen LogP contribution in [0.5, 0.6) is 0 Å². The van der Waals surface area contributed by atoms with Crippen LogP contribution in [-0.2, 0) is 14.9 Å². The molecule has 0 spiro atoms. The fourth-order valence-electron chi connectivity index (χ4n) is 3.00. The topological polar surface area (TPSA) is 119 Å². The monoisotopic (exact) mass is 368 g/mol. The van der Waals surface area contributed by atoms with E-state index in [0.717, 1.165) is 17.7 Å². The third-order valence-electron chi connectivity index (χ3n) is 4.30. The average Bonchev–Trinajstić information content (AvgIpc) is 2.61. The van der Waals surface area contributed by atoms with E-state index in [1.165, 1.54) is 5.01 Å². The van der Waals surface area contributed by atoms with E-state index in [2.05, 4.69) is 4.99 Å². The molecule has 138 valence electrons. The van der Waals surface area contributed by atoms with Crippen LogP contribution in [0, 0.1) is 0 Å². The molecule has 0 aromatic heterocycles.